The zero-order valence-corrected chi connectivity index (χ0v) is 11.5. The van der Waals surface area contributed by atoms with Crippen LogP contribution in [-0.4, -0.2) is 37.6 Å². The summed E-state index contributed by atoms with van der Waals surface area (Å²) in [5.74, 6) is 0.490. The van der Waals surface area contributed by atoms with Crippen molar-refractivity contribution in [3.05, 3.63) is 35.4 Å². The van der Waals surface area contributed by atoms with E-state index in [2.05, 4.69) is 48.3 Å². The van der Waals surface area contributed by atoms with E-state index in [0.29, 0.717) is 5.92 Å². The van der Waals surface area contributed by atoms with Crippen LogP contribution < -0.4 is 11.1 Å². The average Bonchev–Trinajstić information content (AvgIpc) is 2.39. The first kappa shape index (κ1) is 13.5. The smallest absolute Gasteiger partial charge is 0.0335 e. The lowest BCUT2D eigenvalue weighted by Crippen LogP contribution is -2.46. The Kier molecular flexibility index (Phi) is 4.75. The summed E-state index contributed by atoms with van der Waals surface area (Å²) in [5.41, 5.74) is 9.01. The SMILES string of the molecule is Cc1ccccc1C(N)C(C)CN1CCNCC1. The Hall–Kier alpha value is -0.900. The largest absolute Gasteiger partial charge is 0.324 e. The highest BCUT2D eigenvalue weighted by Gasteiger charge is 2.20. The molecule has 1 aliphatic heterocycles. The maximum Gasteiger partial charge on any atom is 0.0335 e. The molecule has 1 aromatic rings. The maximum atomic E-state index is 6.41. The number of nitrogens with one attached hydrogen (secondary N) is 1. The van der Waals surface area contributed by atoms with Crippen molar-refractivity contribution < 1.29 is 0 Å². The van der Waals surface area contributed by atoms with Gasteiger partial charge < -0.3 is 16.0 Å². The van der Waals surface area contributed by atoms with E-state index in [0.717, 1.165) is 32.7 Å². The van der Waals surface area contributed by atoms with Crippen molar-refractivity contribution in [2.24, 2.45) is 11.7 Å². The Morgan fingerprint density at radius 1 is 1.28 bits per heavy atom. The van der Waals surface area contributed by atoms with Crippen LogP contribution in [0.3, 0.4) is 0 Å². The molecule has 0 radical (unpaired) electrons. The minimum absolute atomic E-state index is 0.140. The number of rotatable bonds is 4. The van der Waals surface area contributed by atoms with Gasteiger partial charge in [-0.1, -0.05) is 31.2 Å². The standard InChI is InChI=1S/C15H25N3/c1-12-5-3-4-6-14(12)15(16)13(2)11-18-9-7-17-8-10-18/h3-6,13,15,17H,7-11,16H2,1-2H3. The Morgan fingerprint density at radius 2 is 1.94 bits per heavy atom. The minimum atomic E-state index is 0.140. The molecule has 0 bridgehead atoms. The van der Waals surface area contributed by atoms with Crippen molar-refractivity contribution in [3.8, 4) is 0 Å². The second kappa shape index (κ2) is 6.32. The van der Waals surface area contributed by atoms with Crippen molar-refractivity contribution >= 4 is 0 Å². The van der Waals surface area contributed by atoms with Crippen molar-refractivity contribution in [2.75, 3.05) is 32.7 Å². The molecule has 100 valence electrons. The lowest BCUT2D eigenvalue weighted by molar-refractivity contribution is 0.199. The molecule has 3 N–H and O–H groups in total. The summed E-state index contributed by atoms with van der Waals surface area (Å²) >= 11 is 0. The molecule has 0 aromatic heterocycles. The summed E-state index contributed by atoms with van der Waals surface area (Å²) in [4.78, 5) is 2.51. The molecule has 18 heavy (non-hydrogen) atoms. The molecular formula is C15H25N3. The number of hydrogen-bond acceptors (Lipinski definition) is 3. The first-order chi connectivity index (χ1) is 8.68. The zero-order valence-electron chi connectivity index (χ0n) is 11.5. The summed E-state index contributed by atoms with van der Waals surface area (Å²) in [6.07, 6.45) is 0. The van der Waals surface area contributed by atoms with Gasteiger partial charge in [-0.25, -0.2) is 0 Å². The van der Waals surface area contributed by atoms with Gasteiger partial charge in [0.15, 0.2) is 0 Å². The highest BCUT2D eigenvalue weighted by molar-refractivity contribution is 5.28. The third-order valence-corrected chi connectivity index (χ3v) is 3.92. The van der Waals surface area contributed by atoms with E-state index < -0.39 is 0 Å². The van der Waals surface area contributed by atoms with E-state index in [1.165, 1.54) is 11.1 Å². The Labute approximate surface area is 110 Å². The molecule has 3 heteroatoms. The van der Waals surface area contributed by atoms with Gasteiger partial charge in [0.25, 0.3) is 0 Å². The lowest BCUT2D eigenvalue weighted by Gasteiger charge is -2.32. The predicted molar refractivity (Wildman–Crippen MR) is 76.6 cm³/mol. The van der Waals surface area contributed by atoms with Gasteiger partial charge in [-0.05, 0) is 24.0 Å². The van der Waals surface area contributed by atoms with E-state index in [1.54, 1.807) is 0 Å². The molecule has 1 fully saturated rings. The normalized spacial score (nSPS) is 20.6. The summed E-state index contributed by atoms with van der Waals surface area (Å²) in [7, 11) is 0. The first-order valence-corrected chi connectivity index (χ1v) is 6.92. The molecule has 0 amide bonds. The van der Waals surface area contributed by atoms with E-state index in [-0.39, 0.29) is 6.04 Å². The molecular weight excluding hydrogens is 222 g/mol. The van der Waals surface area contributed by atoms with Gasteiger partial charge in [-0.2, -0.15) is 0 Å². The van der Waals surface area contributed by atoms with Gasteiger partial charge in [0.1, 0.15) is 0 Å². The van der Waals surface area contributed by atoms with Crippen LogP contribution in [0.1, 0.15) is 24.1 Å². The van der Waals surface area contributed by atoms with E-state index in [9.17, 15) is 0 Å². The summed E-state index contributed by atoms with van der Waals surface area (Å²) in [5, 5.41) is 3.39. The van der Waals surface area contributed by atoms with Gasteiger partial charge in [0, 0.05) is 38.8 Å². The van der Waals surface area contributed by atoms with Crippen LogP contribution >= 0.6 is 0 Å². The third-order valence-electron chi connectivity index (χ3n) is 3.92. The lowest BCUT2D eigenvalue weighted by atomic mass is 9.92. The van der Waals surface area contributed by atoms with Crippen molar-refractivity contribution in [1.29, 1.82) is 0 Å². The van der Waals surface area contributed by atoms with Crippen molar-refractivity contribution in [2.45, 2.75) is 19.9 Å². The van der Waals surface area contributed by atoms with Gasteiger partial charge in [-0.3, -0.25) is 0 Å². The topological polar surface area (TPSA) is 41.3 Å². The van der Waals surface area contributed by atoms with E-state index in [1.807, 2.05) is 0 Å². The average molecular weight is 247 g/mol. The molecule has 2 atom stereocenters. The van der Waals surface area contributed by atoms with Crippen LogP contribution in [0.4, 0.5) is 0 Å². The fourth-order valence-corrected chi connectivity index (χ4v) is 2.68. The highest BCUT2D eigenvalue weighted by Crippen LogP contribution is 2.23. The zero-order chi connectivity index (χ0) is 13.0. The van der Waals surface area contributed by atoms with Crippen LogP contribution in [0.25, 0.3) is 0 Å². The van der Waals surface area contributed by atoms with Crippen LogP contribution in [0.5, 0.6) is 0 Å². The highest BCUT2D eigenvalue weighted by atomic mass is 15.2. The molecule has 1 saturated heterocycles. The summed E-state index contributed by atoms with van der Waals surface area (Å²) in [6.45, 7) is 10.00. The van der Waals surface area contributed by atoms with Crippen LogP contribution in [0.2, 0.25) is 0 Å². The Balaban J connectivity index is 1.95. The maximum absolute atomic E-state index is 6.41. The molecule has 0 saturated carbocycles. The van der Waals surface area contributed by atoms with Crippen LogP contribution in [0.15, 0.2) is 24.3 Å². The number of nitrogens with two attached hydrogens (primary N) is 1. The van der Waals surface area contributed by atoms with E-state index in [4.69, 9.17) is 5.73 Å². The van der Waals surface area contributed by atoms with Crippen molar-refractivity contribution in [1.82, 2.24) is 10.2 Å². The molecule has 0 aliphatic carbocycles. The minimum Gasteiger partial charge on any atom is -0.324 e. The third kappa shape index (κ3) is 3.31. The first-order valence-electron chi connectivity index (χ1n) is 6.92. The molecule has 2 rings (SSSR count). The quantitative estimate of drug-likeness (QED) is 0.848. The fourth-order valence-electron chi connectivity index (χ4n) is 2.68. The molecule has 1 aliphatic rings. The molecule has 2 unspecified atom stereocenters. The molecule has 0 spiro atoms. The molecule has 1 heterocycles. The summed E-state index contributed by atoms with van der Waals surface area (Å²) < 4.78 is 0. The second-order valence-corrected chi connectivity index (χ2v) is 5.41. The number of nitrogens with zero attached hydrogens (tertiary/aromatic N) is 1. The van der Waals surface area contributed by atoms with Gasteiger partial charge in [0.05, 0.1) is 0 Å². The number of aryl methyl sites for hydroxylation is 1. The Bertz CT molecular complexity index is 372. The second-order valence-electron chi connectivity index (χ2n) is 5.41. The van der Waals surface area contributed by atoms with Crippen LogP contribution in [-0.2, 0) is 0 Å². The molecule has 3 nitrogen and oxygen atoms in total. The summed E-state index contributed by atoms with van der Waals surface area (Å²) in [6, 6.07) is 8.61. The monoisotopic (exact) mass is 247 g/mol. The van der Waals surface area contributed by atoms with Gasteiger partial charge in [0.2, 0.25) is 0 Å². The fraction of sp³-hybridized carbons (Fsp3) is 0.600. The Morgan fingerprint density at radius 3 is 2.61 bits per heavy atom. The molecule has 1 aromatic carbocycles. The number of piperazine rings is 1. The predicted octanol–water partition coefficient (Wildman–Crippen LogP) is 1.54. The van der Waals surface area contributed by atoms with Gasteiger partial charge in [-0.15, -0.1) is 0 Å². The van der Waals surface area contributed by atoms with E-state index >= 15 is 0 Å². The number of benzene rings is 1. The van der Waals surface area contributed by atoms with Gasteiger partial charge >= 0.3 is 0 Å². The van der Waals surface area contributed by atoms with Crippen molar-refractivity contribution in [3.63, 3.8) is 0 Å². The van der Waals surface area contributed by atoms with Crippen LogP contribution in [0, 0.1) is 12.8 Å². The number of hydrogen-bond donors (Lipinski definition) is 2.